The molecule has 2 rings (SSSR count). The van der Waals surface area contributed by atoms with Crippen molar-refractivity contribution in [1.82, 2.24) is 0 Å². The second-order valence-electron chi connectivity index (χ2n) is 4.18. The minimum absolute atomic E-state index is 0.0591. The molecule has 1 aromatic rings. The molecule has 15 heavy (non-hydrogen) atoms. The number of hydrogen-bond acceptors (Lipinski definition) is 3. The molecule has 2 N–H and O–H groups in total. The predicted octanol–water partition coefficient (Wildman–Crippen LogP) is 1.06. The van der Waals surface area contributed by atoms with Gasteiger partial charge in [-0.25, -0.2) is 0 Å². The summed E-state index contributed by atoms with van der Waals surface area (Å²) in [6.07, 6.45) is 0.594. The van der Waals surface area contributed by atoms with E-state index in [-0.39, 0.29) is 12.7 Å². The highest BCUT2D eigenvalue weighted by Gasteiger charge is 2.21. The van der Waals surface area contributed by atoms with Gasteiger partial charge in [0.15, 0.2) is 0 Å². The summed E-state index contributed by atoms with van der Waals surface area (Å²) in [5.41, 5.74) is 3.16. The van der Waals surface area contributed by atoms with E-state index in [0.717, 1.165) is 29.8 Å². The standard InChI is InChI=1S/C12H17NO2/c1-9-2-3-12(10(6-9)8-14)13-5-4-11(15)7-13/h2-3,6,11,14-15H,4-5,7-8H2,1H3. The second kappa shape index (κ2) is 4.21. The third-order valence-electron chi connectivity index (χ3n) is 2.91. The molecule has 1 fully saturated rings. The molecule has 1 heterocycles. The SMILES string of the molecule is Cc1ccc(N2CCC(O)C2)c(CO)c1. The van der Waals surface area contributed by atoms with Crippen LogP contribution in [0.5, 0.6) is 0 Å². The fourth-order valence-corrected chi connectivity index (χ4v) is 2.11. The van der Waals surface area contributed by atoms with E-state index >= 15 is 0 Å². The van der Waals surface area contributed by atoms with Crippen molar-refractivity contribution in [3.8, 4) is 0 Å². The normalized spacial score (nSPS) is 21.0. The van der Waals surface area contributed by atoms with E-state index in [1.807, 2.05) is 25.1 Å². The van der Waals surface area contributed by atoms with Crippen molar-refractivity contribution < 1.29 is 10.2 Å². The lowest BCUT2D eigenvalue weighted by Crippen LogP contribution is -2.22. The van der Waals surface area contributed by atoms with Gasteiger partial charge >= 0.3 is 0 Å². The molecular formula is C12H17NO2. The van der Waals surface area contributed by atoms with Gasteiger partial charge in [-0.2, -0.15) is 0 Å². The summed E-state index contributed by atoms with van der Waals surface area (Å²) in [6, 6.07) is 6.07. The summed E-state index contributed by atoms with van der Waals surface area (Å²) >= 11 is 0. The first-order chi connectivity index (χ1) is 7.20. The van der Waals surface area contributed by atoms with E-state index in [0.29, 0.717) is 6.54 Å². The Morgan fingerprint density at radius 1 is 1.47 bits per heavy atom. The average Bonchev–Trinajstić information content (AvgIpc) is 2.64. The minimum atomic E-state index is -0.224. The van der Waals surface area contributed by atoms with Crippen molar-refractivity contribution >= 4 is 5.69 Å². The molecule has 1 atom stereocenters. The van der Waals surface area contributed by atoms with Crippen LogP contribution >= 0.6 is 0 Å². The van der Waals surface area contributed by atoms with Crippen molar-refractivity contribution in [2.45, 2.75) is 26.1 Å². The highest BCUT2D eigenvalue weighted by atomic mass is 16.3. The van der Waals surface area contributed by atoms with E-state index < -0.39 is 0 Å². The molecule has 1 unspecified atom stereocenters. The van der Waals surface area contributed by atoms with Crippen LogP contribution in [0, 0.1) is 6.92 Å². The largest absolute Gasteiger partial charge is 0.392 e. The monoisotopic (exact) mass is 207 g/mol. The van der Waals surface area contributed by atoms with E-state index in [1.165, 1.54) is 0 Å². The predicted molar refractivity (Wildman–Crippen MR) is 59.9 cm³/mol. The number of benzene rings is 1. The van der Waals surface area contributed by atoms with Crippen molar-refractivity contribution in [3.63, 3.8) is 0 Å². The molecule has 0 amide bonds. The van der Waals surface area contributed by atoms with Crippen LogP contribution in [0.3, 0.4) is 0 Å². The van der Waals surface area contributed by atoms with E-state index in [9.17, 15) is 10.2 Å². The summed E-state index contributed by atoms with van der Waals surface area (Å²) in [5, 5.41) is 18.8. The van der Waals surface area contributed by atoms with Gasteiger partial charge in [0.2, 0.25) is 0 Å². The number of anilines is 1. The molecule has 3 heteroatoms. The first kappa shape index (κ1) is 10.5. The second-order valence-corrected chi connectivity index (χ2v) is 4.18. The van der Waals surface area contributed by atoms with Crippen LogP contribution in [0.25, 0.3) is 0 Å². The molecule has 1 aliphatic rings. The fourth-order valence-electron chi connectivity index (χ4n) is 2.11. The van der Waals surface area contributed by atoms with E-state index in [1.54, 1.807) is 0 Å². The zero-order chi connectivity index (χ0) is 10.8. The lowest BCUT2D eigenvalue weighted by molar-refractivity contribution is 0.198. The zero-order valence-electron chi connectivity index (χ0n) is 8.98. The molecular weight excluding hydrogens is 190 g/mol. The molecule has 0 radical (unpaired) electrons. The van der Waals surface area contributed by atoms with Gasteiger partial charge in [-0.3, -0.25) is 0 Å². The van der Waals surface area contributed by atoms with Crippen LogP contribution < -0.4 is 4.90 Å². The van der Waals surface area contributed by atoms with E-state index in [4.69, 9.17) is 0 Å². The highest BCUT2D eigenvalue weighted by Crippen LogP contribution is 2.25. The highest BCUT2D eigenvalue weighted by molar-refractivity contribution is 5.55. The maximum Gasteiger partial charge on any atom is 0.0731 e. The molecule has 1 aliphatic heterocycles. The number of nitrogens with zero attached hydrogens (tertiary/aromatic N) is 1. The number of rotatable bonds is 2. The van der Waals surface area contributed by atoms with Gasteiger partial charge in [0.05, 0.1) is 12.7 Å². The van der Waals surface area contributed by atoms with Gasteiger partial charge in [0.1, 0.15) is 0 Å². The molecule has 1 saturated heterocycles. The molecule has 82 valence electrons. The van der Waals surface area contributed by atoms with Crippen LogP contribution in [-0.4, -0.2) is 29.4 Å². The van der Waals surface area contributed by atoms with Crippen molar-refractivity contribution in [2.75, 3.05) is 18.0 Å². The molecule has 0 aromatic heterocycles. The Labute approximate surface area is 90.0 Å². The minimum Gasteiger partial charge on any atom is -0.392 e. The molecule has 3 nitrogen and oxygen atoms in total. The van der Waals surface area contributed by atoms with Crippen LogP contribution in [0.4, 0.5) is 5.69 Å². The Morgan fingerprint density at radius 2 is 2.27 bits per heavy atom. The summed E-state index contributed by atoms with van der Waals surface area (Å²) in [6.45, 7) is 3.62. The van der Waals surface area contributed by atoms with Crippen LogP contribution in [-0.2, 0) is 6.61 Å². The Kier molecular flexibility index (Phi) is 2.93. The van der Waals surface area contributed by atoms with E-state index in [2.05, 4.69) is 4.90 Å². The smallest absolute Gasteiger partial charge is 0.0731 e. The maximum absolute atomic E-state index is 9.47. The van der Waals surface area contributed by atoms with Gasteiger partial charge < -0.3 is 15.1 Å². The van der Waals surface area contributed by atoms with Crippen molar-refractivity contribution in [3.05, 3.63) is 29.3 Å². The average molecular weight is 207 g/mol. The third-order valence-corrected chi connectivity index (χ3v) is 2.91. The molecule has 0 bridgehead atoms. The van der Waals surface area contributed by atoms with Crippen LogP contribution in [0.1, 0.15) is 17.5 Å². The Bertz CT molecular complexity index is 351. The molecule has 0 saturated carbocycles. The Hall–Kier alpha value is -1.06. The van der Waals surface area contributed by atoms with Gasteiger partial charge in [0.25, 0.3) is 0 Å². The third kappa shape index (κ3) is 2.13. The van der Waals surface area contributed by atoms with Gasteiger partial charge in [-0.15, -0.1) is 0 Å². The van der Waals surface area contributed by atoms with Gasteiger partial charge in [-0.05, 0) is 19.4 Å². The molecule has 1 aromatic carbocycles. The van der Waals surface area contributed by atoms with Gasteiger partial charge in [-0.1, -0.05) is 17.7 Å². The molecule has 0 spiro atoms. The van der Waals surface area contributed by atoms with Crippen LogP contribution in [0.2, 0.25) is 0 Å². The Morgan fingerprint density at radius 3 is 2.87 bits per heavy atom. The lowest BCUT2D eigenvalue weighted by atomic mass is 10.1. The van der Waals surface area contributed by atoms with Gasteiger partial charge in [0, 0.05) is 24.3 Å². The first-order valence-corrected chi connectivity index (χ1v) is 5.34. The number of aryl methyl sites for hydroxylation is 1. The summed E-state index contributed by atoms with van der Waals surface area (Å²) < 4.78 is 0. The number of aliphatic hydroxyl groups excluding tert-OH is 2. The number of β-amino-alcohol motifs (C(OH)–C–C–N with tert-alkyl or cyclic N) is 1. The topological polar surface area (TPSA) is 43.7 Å². The van der Waals surface area contributed by atoms with Crippen molar-refractivity contribution in [2.24, 2.45) is 0 Å². The zero-order valence-corrected chi connectivity index (χ0v) is 8.98. The number of hydrogen-bond donors (Lipinski definition) is 2. The van der Waals surface area contributed by atoms with Crippen LogP contribution in [0.15, 0.2) is 18.2 Å². The maximum atomic E-state index is 9.47. The number of aliphatic hydroxyl groups is 2. The fraction of sp³-hybridized carbons (Fsp3) is 0.500. The lowest BCUT2D eigenvalue weighted by Gasteiger charge is -2.21. The summed E-state index contributed by atoms with van der Waals surface area (Å²) in [7, 11) is 0. The quantitative estimate of drug-likeness (QED) is 0.762. The summed E-state index contributed by atoms with van der Waals surface area (Å²) in [4.78, 5) is 2.13. The molecule has 0 aliphatic carbocycles. The first-order valence-electron chi connectivity index (χ1n) is 5.34. The summed E-state index contributed by atoms with van der Waals surface area (Å²) in [5.74, 6) is 0. The Balaban J connectivity index is 2.27. The van der Waals surface area contributed by atoms with Crippen molar-refractivity contribution in [1.29, 1.82) is 0 Å².